The zero-order chi connectivity index (χ0) is 21.5. The standard InChI is InChI=1S/C22H24BrN3O3S/c1-15(2)13-26-21(28)18-12-16(23)8-9-19(18)25-22(26)30-14-20(27)24-10-11-29-17-6-4-3-5-7-17/h3-9,12,15H,10-11,13-14H2,1-2H3,(H,24,27). The minimum atomic E-state index is -0.127. The molecule has 0 atom stereocenters. The first kappa shape index (κ1) is 22.4. The summed E-state index contributed by atoms with van der Waals surface area (Å²) in [5.74, 6) is 1.10. The summed E-state index contributed by atoms with van der Waals surface area (Å²) in [4.78, 5) is 29.9. The normalized spacial score (nSPS) is 11.1. The smallest absolute Gasteiger partial charge is 0.262 e. The van der Waals surface area contributed by atoms with Gasteiger partial charge in [-0.3, -0.25) is 14.2 Å². The number of carbonyl (C=O) groups is 1. The SMILES string of the molecule is CC(C)Cn1c(SCC(=O)NCCOc2ccccc2)nc2ccc(Br)cc2c1=O. The van der Waals surface area contributed by atoms with E-state index < -0.39 is 0 Å². The Morgan fingerprint density at radius 3 is 2.73 bits per heavy atom. The number of benzene rings is 2. The van der Waals surface area contributed by atoms with E-state index in [0.717, 1.165) is 10.2 Å². The van der Waals surface area contributed by atoms with Crippen LogP contribution in [0.1, 0.15) is 13.8 Å². The largest absolute Gasteiger partial charge is 0.492 e. The molecule has 0 aliphatic heterocycles. The Bertz CT molecular complexity index is 1070. The second-order valence-corrected chi connectivity index (χ2v) is 9.02. The summed E-state index contributed by atoms with van der Waals surface area (Å²) in [7, 11) is 0. The van der Waals surface area contributed by atoms with Gasteiger partial charge in [0.05, 0.1) is 23.2 Å². The fourth-order valence-electron chi connectivity index (χ4n) is 2.87. The summed E-state index contributed by atoms with van der Waals surface area (Å²) in [6.45, 7) is 5.44. The van der Waals surface area contributed by atoms with Crippen molar-refractivity contribution in [3.8, 4) is 5.75 Å². The van der Waals surface area contributed by atoms with Crippen LogP contribution >= 0.6 is 27.7 Å². The molecule has 6 nitrogen and oxygen atoms in total. The highest BCUT2D eigenvalue weighted by atomic mass is 79.9. The van der Waals surface area contributed by atoms with Gasteiger partial charge < -0.3 is 10.1 Å². The van der Waals surface area contributed by atoms with Crippen LogP contribution in [0.25, 0.3) is 10.9 Å². The molecule has 2 aromatic carbocycles. The molecule has 3 rings (SSSR count). The lowest BCUT2D eigenvalue weighted by atomic mass is 10.2. The zero-order valence-electron chi connectivity index (χ0n) is 16.9. The maximum absolute atomic E-state index is 13.0. The second kappa shape index (κ2) is 10.6. The maximum atomic E-state index is 13.0. The molecule has 1 aromatic heterocycles. The Balaban J connectivity index is 1.63. The number of hydrogen-bond donors (Lipinski definition) is 1. The Labute approximate surface area is 188 Å². The van der Waals surface area contributed by atoms with Gasteiger partial charge in [-0.05, 0) is 36.2 Å². The first-order chi connectivity index (χ1) is 14.4. The number of ether oxygens (including phenoxy) is 1. The number of rotatable bonds is 9. The third-order valence-electron chi connectivity index (χ3n) is 4.20. The van der Waals surface area contributed by atoms with Gasteiger partial charge >= 0.3 is 0 Å². The molecule has 30 heavy (non-hydrogen) atoms. The molecule has 0 saturated carbocycles. The van der Waals surface area contributed by atoms with Crippen LogP contribution in [-0.4, -0.2) is 34.4 Å². The predicted molar refractivity (Wildman–Crippen MR) is 124 cm³/mol. The van der Waals surface area contributed by atoms with Crippen molar-refractivity contribution in [2.75, 3.05) is 18.9 Å². The molecule has 1 N–H and O–H groups in total. The number of carbonyl (C=O) groups excluding carboxylic acids is 1. The molecule has 158 valence electrons. The van der Waals surface area contributed by atoms with Gasteiger partial charge in [-0.25, -0.2) is 4.98 Å². The van der Waals surface area contributed by atoms with Crippen molar-refractivity contribution in [2.45, 2.75) is 25.5 Å². The first-order valence-corrected chi connectivity index (χ1v) is 11.5. The van der Waals surface area contributed by atoms with E-state index in [0.29, 0.717) is 35.8 Å². The highest BCUT2D eigenvalue weighted by Crippen LogP contribution is 2.21. The summed E-state index contributed by atoms with van der Waals surface area (Å²) in [6, 6.07) is 14.9. The summed E-state index contributed by atoms with van der Waals surface area (Å²) in [6.07, 6.45) is 0. The van der Waals surface area contributed by atoms with Gasteiger partial charge in [-0.15, -0.1) is 0 Å². The van der Waals surface area contributed by atoms with Crippen molar-refractivity contribution >= 4 is 44.5 Å². The van der Waals surface area contributed by atoms with Crippen LogP contribution in [0.2, 0.25) is 0 Å². The lowest BCUT2D eigenvalue weighted by Gasteiger charge is -2.15. The zero-order valence-corrected chi connectivity index (χ0v) is 19.3. The van der Waals surface area contributed by atoms with Crippen molar-refractivity contribution in [3.63, 3.8) is 0 Å². The Kier molecular flexibility index (Phi) is 7.93. The molecule has 0 radical (unpaired) electrons. The van der Waals surface area contributed by atoms with Gasteiger partial charge in [-0.2, -0.15) is 0 Å². The number of para-hydroxylation sites is 1. The first-order valence-electron chi connectivity index (χ1n) is 9.71. The van der Waals surface area contributed by atoms with E-state index in [-0.39, 0.29) is 23.1 Å². The molecule has 0 saturated heterocycles. The molecule has 8 heteroatoms. The van der Waals surface area contributed by atoms with Crippen molar-refractivity contribution in [1.29, 1.82) is 0 Å². The highest BCUT2D eigenvalue weighted by Gasteiger charge is 2.14. The number of thioether (sulfide) groups is 1. The van der Waals surface area contributed by atoms with Crippen molar-refractivity contribution in [2.24, 2.45) is 5.92 Å². The number of aromatic nitrogens is 2. The van der Waals surface area contributed by atoms with E-state index >= 15 is 0 Å². The van der Waals surface area contributed by atoms with E-state index in [2.05, 4.69) is 26.2 Å². The molecule has 3 aromatic rings. The van der Waals surface area contributed by atoms with Crippen LogP contribution in [0, 0.1) is 5.92 Å². The van der Waals surface area contributed by atoms with E-state index in [1.807, 2.05) is 56.3 Å². The lowest BCUT2D eigenvalue weighted by Crippen LogP contribution is -2.30. The molecule has 0 fully saturated rings. The molecular weight excluding hydrogens is 466 g/mol. The Morgan fingerprint density at radius 2 is 2.00 bits per heavy atom. The number of hydrogen-bond acceptors (Lipinski definition) is 5. The van der Waals surface area contributed by atoms with Crippen LogP contribution in [0.3, 0.4) is 0 Å². The minimum absolute atomic E-state index is 0.0887. The van der Waals surface area contributed by atoms with Crippen LogP contribution in [0.4, 0.5) is 0 Å². The fraction of sp³-hybridized carbons (Fsp3) is 0.318. The summed E-state index contributed by atoms with van der Waals surface area (Å²) in [5.41, 5.74) is 0.538. The maximum Gasteiger partial charge on any atom is 0.262 e. The molecule has 0 aliphatic rings. The monoisotopic (exact) mass is 489 g/mol. The highest BCUT2D eigenvalue weighted by molar-refractivity contribution is 9.10. The molecule has 1 heterocycles. The molecule has 1 amide bonds. The number of halogens is 1. The molecular formula is C22H24BrN3O3S. The van der Waals surface area contributed by atoms with Crippen molar-refractivity contribution < 1.29 is 9.53 Å². The topological polar surface area (TPSA) is 73.2 Å². The van der Waals surface area contributed by atoms with Gasteiger partial charge in [0.2, 0.25) is 5.91 Å². The van der Waals surface area contributed by atoms with Gasteiger partial charge in [0.25, 0.3) is 5.56 Å². The Hall–Kier alpha value is -2.32. The fourth-order valence-corrected chi connectivity index (χ4v) is 4.07. The van der Waals surface area contributed by atoms with E-state index in [1.54, 1.807) is 10.6 Å². The van der Waals surface area contributed by atoms with E-state index in [1.165, 1.54) is 11.8 Å². The Morgan fingerprint density at radius 1 is 1.23 bits per heavy atom. The van der Waals surface area contributed by atoms with Crippen LogP contribution in [0.15, 0.2) is 63.0 Å². The third kappa shape index (κ3) is 6.09. The van der Waals surface area contributed by atoms with Crippen molar-refractivity contribution in [3.05, 3.63) is 63.4 Å². The summed E-state index contributed by atoms with van der Waals surface area (Å²) < 4.78 is 8.07. The average molecular weight is 490 g/mol. The van der Waals surface area contributed by atoms with Crippen LogP contribution in [-0.2, 0) is 11.3 Å². The number of nitrogens with one attached hydrogen (secondary N) is 1. The molecule has 0 spiro atoms. The second-order valence-electron chi connectivity index (χ2n) is 7.17. The van der Waals surface area contributed by atoms with E-state index in [4.69, 9.17) is 4.74 Å². The number of nitrogens with zero attached hydrogens (tertiary/aromatic N) is 2. The molecule has 0 aliphatic carbocycles. The lowest BCUT2D eigenvalue weighted by molar-refractivity contribution is -0.118. The van der Waals surface area contributed by atoms with Gasteiger partial charge in [0.15, 0.2) is 5.16 Å². The minimum Gasteiger partial charge on any atom is -0.492 e. The average Bonchev–Trinajstić information content (AvgIpc) is 2.73. The molecule has 0 bridgehead atoms. The summed E-state index contributed by atoms with van der Waals surface area (Å²) in [5, 5.41) is 3.96. The van der Waals surface area contributed by atoms with Crippen LogP contribution in [0.5, 0.6) is 5.75 Å². The number of amides is 1. The third-order valence-corrected chi connectivity index (χ3v) is 5.67. The van der Waals surface area contributed by atoms with E-state index in [9.17, 15) is 9.59 Å². The van der Waals surface area contributed by atoms with Crippen molar-refractivity contribution in [1.82, 2.24) is 14.9 Å². The summed E-state index contributed by atoms with van der Waals surface area (Å²) >= 11 is 4.68. The van der Waals surface area contributed by atoms with Gasteiger partial charge in [-0.1, -0.05) is 59.7 Å². The quantitative estimate of drug-likeness (QED) is 0.278. The number of fused-ring (bicyclic) bond motifs is 1. The molecule has 0 unspecified atom stereocenters. The van der Waals surface area contributed by atoms with Crippen LogP contribution < -0.4 is 15.6 Å². The van der Waals surface area contributed by atoms with Gasteiger partial charge in [0.1, 0.15) is 12.4 Å². The van der Waals surface area contributed by atoms with Gasteiger partial charge in [0, 0.05) is 11.0 Å². The predicted octanol–water partition coefficient (Wildman–Crippen LogP) is 4.10.